The lowest BCUT2D eigenvalue weighted by molar-refractivity contribution is 0.628. The standard InChI is InChI=1S/C15H12FN3/c1-9-8-18-15(17)14-12(9)5-6-13(19-14)10-3-2-4-11(16)7-10/h2-8H,1H3,(H2,17,18). The van der Waals surface area contributed by atoms with Crippen molar-refractivity contribution in [1.82, 2.24) is 9.97 Å². The third kappa shape index (κ3) is 2.01. The van der Waals surface area contributed by atoms with Gasteiger partial charge in [-0.15, -0.1) is 0 Å². The van der Waals surface area contributed by atoms with Gasteiger partial charge in [-0.25, -0.2) is 14.4 Å². The van der Waals surface area contributed by atoms with E-state index in [1.165, 1.54) is 12.1 Å². The first-order chi connectivity index (χ1) is 9.15. The molecule has 2 N–H and O–H groups in total. The maximum Gasteiger partial charge on any atom is 0.149 e. The average Bonchev–Trinajstić information content (AvgIpc) is 2.43. The van der Waals surface area contributed by atoms with Gasteiger partial charge in [0.1, 0.15) is 17.2 Å². The molecule has 0 atom stereocenters. The largest absolute Gasteiger partial charge is 0.382 e. The van der Waals surface area contributed by atoms with E-state index in [2.05, 4.69) is 9.97 Å². The van der Waals surface area contributed by atoms with Gasteiger partial charge in [-0.1, -0.05) is 18.2 Å². The number of nitrogens with zero attached hydrogens (tertiary/aromatic N) is 2. The van der Waals surface area contributed by atoms with Gasteiger partial charge >= 0.3 is 0 Å². The van der Waals surface area contributed by atoms with Gasteiger partial charge in [0.2, 0.25) is 0 Å². The molecule has 0 fully saturated rings. The summed E-state index contributed by atoms with van der Waals surface area (Å²) >= 11 is 0. The van der Waals surface area contributed by atoms with Crippen LogP contribution in [0.3, 0.4) is 0 Å². The Bertz CT molecular complexity index is 768. The van der Waals surface area contributed by atoms with Crippen LogP contribution in [0.25, 0.3) is 22.2 Å². The molecule has 0 saturated heterocycles. The molecule has 0 radical (unpaired) electrons. The van der Waals surface area contributed by atoms with E-state index in [1.54, 1.807) is 12.3 Å². The van der Waals surface area contributed by atoms with Crippen LogP contribution < -0.4 is 5.73 Å². The lowest BCUT2D eigenvalue weighted by atomic mass is 10.1. The third-order valence-electron chi connectivity index (χ3n) is 3.08. The second-order valence-corrected chi connectivity index (χ2v) is 4.43. The van der Waals surface area contributed by atoms with Crippen molar-refractivity contribution in [2.45, 2.75) is 6.92 Å². The molecule has 0 unspecified atom stereocenters. The Morgan fingerprint density at radius 3 is 2.79 bits per heavy atom. The van der Waals surface area contributed by atoms with Gasteiger partial charge in [-0.2, -0.15) is 0 Å². The Labute approximate surface area is 109 Å². The Morgan fingerprint density at radius 2 is 2.00 bits per heavy atom. The minimum Gasteiger partial charge on any atom is -0.382 e. The highest BCUT2D eigenvalue weighted by Gasteiger charge is 2.07. The quantitative estimate of drug-likeness (QED) is 0.723. The van der Waals surface area contributed by atoms with Crippen LogP contribution in [0, 0.1) is 12.7 Å². The summed E-state index contributed by atoms with van der Waals surface area (Å²) in [5.41, 5.74) is 8.94. The molecule has 0 bridgehead atoms. The molecule has 0 aliphatic heterocycles. The molecule has 3 rings (SSSR count). The van der Waals surface area contributed by atoms with Crippen molar-refractivity contribution < 1.29 is 4.39 Å². The average molecular weight is 253 g/mol. The number of hydrogen-bond acceptors (Lipinski definition) is 3. The molecule has 1 aromatic carbocycles. The number of benzene rings is 1. The summed E-state index contributed by atoms with van der Waals surface area (Å²) in [7, 11) is 0. The monoisotopic (exact) mass is 253 g/mol. The summed E-state index contributed by atoms with van der Waals surface area (Å²) in [6.45, 7) is 1.96. The topological polar surface area (TPSA) is 51.8 Å². The molecule has 2 aromatic heterocycles. The molecule has 94 valence electrons. The summed E-state index contributed by atoms with van der Waals surface area (Å²) in [5, 5.41) is 0.965. The van der Waals surface area contributed by atoms with Crippen LogP contribution in [-0.4, -0.2) is 9.97 Å². The molecule has 4 heteroatoms. The van der Waals surface area contributed by atoms with Crippen LogP contribution in [0.1, 0.15) is 5.56 Å². The summed E-state index contributed by atoms with van der Waals surface area (Å²) in [5.74, 6) is 0.105. The fraction of sp³-hybridized carbons (Fsp3) is 0.0667. The number of hydrogen-bond donors (Lipinski definition) is 1. The number of anilines is 1. The predicted molar refractivity (Wildman–Crippen MR) is 74.1 cm³/mol. The highest BCUT2D eigenvalue weighted by atomic mass is 19.1. The summed E-state index contributed by atoms with van der Waals surface area (Å²) in [4.78, 5) is 8.59. The van der Waals surface area contributed by atoms with Gasteiger partial charge in [0.05, 0.1) is 5.69 Å². The highest BCUT2D eigenvalue weighted by molar-refractivity contribution is 5.91. The van der Waals surface area contributed by atoms with Crippen LogP contribution in [0.15, 0.2) is 42.6 Å². The maximum atomic E-state index is 13.2. The minimum atomic E-state index is -0.283. The molecule has 0 spiro atoms. The van der Waals surface area contributed by atoms with E-state index >= 15 is 0 Å². The van der Waals surface area contributed by atoms with Crippen molar-refractivity contribution in [1.29, 1.82) is 0 Å². The van der Waals surface area contributed by atoms with Gasteiger partial charge < -0.3 is 5.73 Å². The predicted octanol–water partition coefficient (Wildman–Crippen LogP) is 3.33. The fourth-order valence-corrected chi connectivity index (χ4v) is 2.08. The zero-order chi connectivity index (χ0) is 13.4. The van der Waals surface area contributed by atoms with Crippen LogP contribution in [0.4, 0.5) is 10.2 Å². The first-order valence-corrected chi connectivity index (χ1v) is 5.93. The zero-order valence-electron chi connectivity index (χ0n) is 10.4. The van der Waals surface area contributed by atoms with E-state index in [-0.39, 0.29) is 5.82 Å². The Morgan fingerprint density at radius 1 is 1.16 bits per heavy atom. The smallest absolute Gasteiger partial charge is 0.149 e. The van der Waals surface area contributed by atoms with E-state index in [0.29, 0.717) is 17.0 Å². The van der Waals surface area contributed by atoms with E-state index in [1.807, 2.05) is 25.1 Å². The molecule has 3 nitrogen and oxygen atoms in total. The Balaban J connectivity index is 2.25. The summed E-state index contributed by atoms with van der Waals surface area (Å²) in [6.07, 6.45) is 1.72. The number of aromatic nitrogens is 2. The molecule has 2 heterocycles. The molecule has 3 aromatic rings. The molecule has 19 heavy (non-hydrogen) atoms. The van der Waals surface area contributed by atoms with Gasteiger partial charge in [0.25, 0.3) is 0 Å². The van der Waals surface area contributed by atoms with Gasteiger partial charge in [0, 0.05) is 17.1 Å². The van der Waals surface area contributed by atoms with E-state index < -0.39 is 0 Å². The van der Waals surface area contributed by atoms with E-state index in [0.717, 1.165) is 16.5 Å². The number of fused-ring (bicyclic) bond motifs is 1. The number of rotatable bonds is 1. The first-order valence-electron chi connectivity index (χ1n) is 5.93. The van der Waals surface area contributed by atoms with Crippen molar-refractivity contribution >= 4 is 16.7 Å². The van der Waals surface area contributed by atoms with Crippen molar-refractivity contribution in [2.75, 3.05) is 5.73 Å². The van der Waals surface area contributed by atoms with Crippen molar-refractivity contribution in [3.63, 3.8) is 0 Å². The van der Waals surface area contributed by atoms with Gasteiger partial charge in [0.15, 0.2) is 0 Å². The second-order valence-electron chi connectivity index (χ2n) is 4.43. The van der Waals surface area contributed by atoms with Crippen molar-refractivity contribution in [3.8, 4) is 11.3 Å². The lowest BCUT2D eigenvalue weighted by Gasteiger charge is -2.07. The van der Waals surface area contributed by atoms with Gasteiger partial charge in [-0.3, -0.25) is 0 Å². The fourth-order valence-electron chi connectivity index (χ4n) is 2.08. The zero-order valence-corrected chi connectivity index (χ0v) is 10.4. The number of pyridine rings is 2. The highest BCUT2D eigenvalue weighted by Crippen LogP contribution is 2.25. The minimum absolute atomic E-state index is 0.283. The Kier molecular flexibility index (Phi) is 2.63. The molecule has 0 saturated carbocycles. The number of nitrogen functional groups attached to an aromatic ring is 1. The SMILES string of the molecule is Cc1cnc(N)c2nc(-c3cccc(F)c3)ccc12. The van der Waals surface area contributed by atoms with Crippen LogP contribution >= 0.6 is 0 Å². The summed E-state index contributed by atoms with van der Waals surface area (Å²) < 4.78 is 13.2. The molecular formula is C15H12FN3. The van der Waals surface area contributed by atoms with E-state index in [4.69, 9.17) is 5.73 Å². The number of nitrogens with two attached hydrogens (primary N) is 1. The number of halogens is 1. The molecule has 0 aliphatic rings. The van der Waals surface area contributed by atoms with Crippen LogP contribution in [0.5, 0.6) is 0 Å². The first kappa shape index (κ1) is 11.6. The van der Waals surface area contributed by atoms with Crippen LogP contribution in [-0.2, 0) is 0 Å². The third-order valence-corrected chi connectivity index (χ3v) is 3.08. The van der Waals surface area contributed by atoms with Gasteiger partial charge in [-0.05, 0) is 30.7 Å². The molecular weight excluding hydrogens is 241 g/mol. The summed E-state index contributed by atoms with van der Waals surface area (Å²) in [6, 6.07) is 10.1. The van der Waals surface area contributed by atoms with E-state index in [9.17, 15) is 4.39 Å². The normalized spacial score (nSPS) is 10.8. The molecule has 0 amide bonds. The maximum absolute atomic E-state index is 13.2. The molecule has 0 aliphatic carbocycles. The van der Waals surface area contributed by atoms with Crippen molar-refractivity contribution in [3.05, 3.63) is 54.0 Å². The van der Waals surface area contributed by atoms with Crippen molar-refractivity contribution in [2.24, 2.45) is 0 Å². The lowest BCUT2D eigenvalue weighted by Crippen LogP contribution is -1.96. The second kappa shape index (κ2) is 4.31. The number of aryl methyl sites for hydroxylation is 1. The van der Waals surface area contributed by atoms with Crippen LogP contribution in [0.2, 0.25) is 0 Å². The Hall–Kier alpha value is -2.49.